The van der Waals surface area contributed by atoms with E-state index in [2.05, 4.69) is 15.8 Å². The summed E-state index contributed by atoms with van der Waals surface area (Å²) in [5, 5.41) is 1.93. The molecule has 2 N–H and O–H groups in total. The van der Waals surface area contributed by atoms with E-state index in [4.69, 9.17) is 0 Å². The van der Waals surface area contributed by atoms with Crippen LogP contribution in [-0.4, -0.2) is 22.6 Å². The van der Waals surface area contributed by atoms with Crippen LogP contribution >= 0.6 is 23.1 Å². The van der Waals surface area contributed by atoms with E-state index in [1.54, 1.807) is 24.3 Å². The van der Waals surface area contributed by atoms with Crippen LogP contribution in [0.5, 0.6) is 0 Å². The summed E-state index contributed by atoms with van der Waals surface area (Å²) in [6.07, 6.45) is 0. The Balaban J connectivity index is 1.74. The summed E-state index contributed by atoms with van der Waals surface area (Å²) < 4.78 is 0.840. The molecular weight excluding hydrogens is 294 g/mol. The van der Waals surface area contributed by atoms with Crippen LogP contribution < -0.4 is 10.9 Å². The van der Waals surface area contributed by atoms with Crippen molar-refractivity contribution < 1.29 is 9.59 Å². The third-order valence-corrected chi connectivity index (χ3v) is 4.41. The number of carbonyl (C=O) groups excluding carboxylic acids is 2. The van der Waals surface area contributed by atoms with Crippen molar-refractivity contribution in [2.45, 2.75) is 11.3 Å². The number of rotatable bonds is 4. The Hall–Kier alpha value is -1.86. The van der Waals surface area contributed by atoms with Crippen LogP contribution in [0.4, 0.5) is 0 Å². The van der Waals surface area contributed by atoms with Crippen molar-refractivity contribution in [3.63, 3.8) is 0 Å². The largest absolute Gasteiger partial charge is 0.272 e. The van der Waals surface area contributed by atoms with Gasteiger partial charge in [-0.05, 0) is 19.1 Å². The number of nitrogens with zero attached hydrogens (tertiary/aromatic N) is 1. The highest BCUT2D eigenvalue weighted by molar-refractivity contribution is 8.01. The molecule has 5 nitrogen and oxygen atoms in total. The van der Waals surface area contributed by atoms with Gasteiger partial charge in [-0.2, -0.15) is 0 Å². The average Bonchev–Trinajstić information content (AvgIpc) is 2.89. The Kier molecular flexibility index (Phi) is 5.14. The van der Waals surface area contributed by atoms with Gasteiger partial charge < -0.3 is 0 Å². The lowest BCUT2D eigenvalue weighted by molar-refractivity contribution is -0.119. The first-order chi connectivity index (χ1) is 9.65. The van der Waals surface area contributed by atoms with E-state index >= 15 is 0 Å². The highest BCUT2D eigenvalue weighted by Crippen LogP contribution is 2.21. The number of amides is 2. The van der Waals surface area contributed by atoms with E-state index in [9.17, 15) is 9.59 Å². The number of thioether (sulfide) groups is 1. The molecule has 0 unspecified atom stereocenters. The molecule has 0 radical (unpaired) electrons. The Bertz CT molecular complexity index is 599. The van der Waals surface area contributed by atoms with Gasteiger partial charge in [-0.3, -0.25) is 20.4 Å². The lowest BCUT2D eigenvalue weighted by Gasteiger charge is -2.06. The molecule has 0 bridgehead atoms. The predicted octanol–water partition coefficient (Wildman–Crippen LogP) is 2.00. The molecule has 0 saturated carbocycles. The first-order valence-electron chi connectivity index (χ1n) is 5.84. The highest BCUT2D eigenvalue weighted by atomic mass is 32.2. The fourth-order valence-corrected chi connectivity index (χ4v) is 3.00. The molecule has 0 saturated heterocycles. The maximum atomic E-state index is 11.7. The second-order valence-corrected chi connectivity index (χ2v) is 5.99. The zero-order valence-corrected chi connectivity index (χ0v) is 12.4. The third-order valence-electron chi connectivity index (χ3n) is 2.28. The first kappa shape index (κ1) is 14.5. The number of nitrogens with one attached hydrogen (secondary N) is 2. The van der Waals surface area contributed by atoms with Crippen molar-refractivity contribution in [1.82, 2.24) is 15.8 Å². The number of hydrogen-bond donors (Lipinski definition) is 2. The molecule has 104 valence electrons. The van der Waals surface area contributed by atoms with Crippen LogP contribution in [0.2, 0.25) is 0 Å². The van der Waals surface area contributed by atoms with Crippen molar-refractivity contribution in [1.29, 1.82) is 0 Å². The number of benzene rings is 1. The van der Waals surface area contributed by atoms with Crippen LogP contribution in [0.3, 0.4) is 0 Å². The summed E-state index contributed by atoms with van der Waals surface area (Å²) >= 11 is 2.84. The SMILES string of the molecule is Cc1csc(SCC(=O)NNC(=O)c2ccccc2)n1. The van der Waals surface area contributed by atoms with Gasteiger partial charge in [0, 0.05) is 16.6 Å². The number of hydrazine groups is 1. The standard InChI is InChI=1S/C13H13N3O2S2/c1-9-7-19-13(14-9)20-8-11(17)15-16-12(18)10-5-3-2-4-6-10/h2-7H,8H2,1H3,(H,15,17)(H,16,18). The second kappa shape index (κ2) is 7.06. The lowest BCUT2D eigenvalue weighted by atomic mass is 10.2. The summed E-state index contributed by atoms with van der Waals surface area (Å²) in [4.78, 5) is 27.5. The number of carbonyl (C=O) groups is 2. The van der Waals surface area contributed by atoms with Crippen LogP contribution in [-0.2, 0) is 4.79 Å². The molecule has 2 rings (SSSR count). The molecular formula is C13H13N3O2S2. The van der Waals surface area contributed by atoms with Gasteiger partial charge in [0.1, 0.15) is 0 Å². The van der Waals surface area contributed by atoms with Gasteiger partial charge in [-0.25, -0.2) is 4.98 Å². The molecule has 2 amide bonds. The van der Waals surface area contributed by atoms with Crippen molar-refractivity contribution in [2.75, 3.05) is 5.75 Å². The van der Waals surface area contributed by atoms with Crippen molar-refractivity contribution in [3.8, 4) is 0 Å². The van der Waals surface area contributed by atoms with E-state index < -0.39 is 0 Å². The number of hydrogen-bond acceptors (Lipinski definition) is 5. The molecule has 1 aromatic heterocycles. The average molecular weight is 307 g/mol. The van der Waals surface area contributed by atoms with Gasteiger partial charge in [0.15, 0.2) is 4.34 Å². The number of thiazole rings is 1. The van der Waals surface area contributed by atoms with Crippen LogP contribution in [0.1, 0.15) is 16.1 Å². The summed E-state index contributed by atoms with van der Waals surface area (Å²) in [5.74, 6) is -0.400. The molecule has 1 aromatic carbocycles. The Labute approximate surface area is 124 Å². The summed E-state index contributed by atoms with van der Waals surface area (Å²) in [5.41, 5.74) is 6.18. The Morgan fingerprint density at radius 3 is 2.65 bits per heavy atom. The molecule has 0 aliphatic carbocycles. The zero-order valence-electron chi connectivity index (χ0n) is 10.8. The molecule has 0 aliphatic heterocycles. The van der Waals surface area contributed by atoms with Crippen LogP contribution in [0.15, 0.2) is 40.1 Å². The van der Waals surface area contributed by atoms with Gasteiger partial charge in [0.2, 0.25) is 5.91 Å². The van der Waals surface area contributed by atoms with Gasteiger partial charge in [-0.1, -0.05) is 30.0 Å². The molecule has 0 spiro atoms. The van der Waals surface area contributed by atoms with Gasteiger partial charge in [0.25, 0.3) is 5.91 Å². The molecule has 0 atom stereocenters. The van der Waals surface area contributed by atoms with Crippen molar-refractivity contribution >= 4 is 34.9 Å². The summed E-state index contributed by atoms with van der Waals surface area (Å²) in [6, 6.07) is 8.69. The minimum Gasteiger partial charge on any atom is -0.272 e. The quantitative estimate of drug-likeness (QED) is 0.669. The molecule has 2 aromatic rings. The number of aromatic nitrogens is 1. The Morgan fingerprint density at radius 2 is 2.00 bits per heavy atom. The van der Waals surface area contributed by atoms with Gasteiger partial charge in [-0.15, -0.1) is 11.3 Å². The topological polar surface area (TPSA) is 71.1 Å². The zero-order chi connectivity index (χ0) is 14.4. The van der Waals surface area contributed by atoms with E-state index in [0.29, 0.717) is 5.56 Å². The first-order valence-corrected chi connectivity index (χ1v) is 7.71. The summed E-state index contributed by atoms with van der Waals surface area (Å²) in [7, 11) is 0. The highest BCUT2D eigenvalue weighted by Gasteiger charge is 2.08. The molecule has 0 aliphatic rings. The van der Waals surface area contributed by atoms with Crippen LogP contribution in [0, 0.1) is 6.92 Å². The monoisotopic (exact) mass is 307 g/mol. The minimum atomic E-state index is -0.339. The Morgan fingerprint density at radius 1 is 1.25 bits per heavy atom. The minimum absolute atomic E-state index is 0.210. The lowest BCUT2D eigenvalue weighted by Crippen LogP contribution is -2.42. The van der Waals surface area contributed by atoms with Crippen molar-refractivity contribution in [2.24, 2.45) is 0 Å². The third kappa shape index (κ3) is 4.36. The fraction of sp³-hybridized carbons (Fsp3) is 0.154. The van der Waals surface area contributed by atoms with E-state index in [0.717, 1.165) is 10.0 Å². The van der Waals surface area contributed by atoms with E-state index in [1.165, 1.54) is 23.1 Å². The van der Waals surface area contributed by atoms with Crippen LogP contribution in [0.25, 0.3) is 0 Å². The summed E-state index contributed by atoms with van der Waals surface area (Å²) in [6.45, 7) is 1.90. The van der Waals surface area contributed by atoms with Gasteiger partial charge >= 0.3 is 0 Å². The molecule has 20 heavy (non-hydrogen) atoms. The van der Waals surface area contributed by atoms with E-state index in [1.807, 2.05) is 18.4 Å². The normalized spacial score (nSPS) is 10.1. The molecule has 7 heteroatoms. The fourth-order valence-electron chi connectivity index (χ4n) is 1.35. The second-order valence-electron chi connectivity index (χ2n) is 3.91. The molecule has 1 heterocycles. The molecule has 0 fully saturated rings. The maximum absolute atomic E-state index is 11.7. The van der Waals surface area contributed by atoms with Crippen molar-refractivity contribution in [3.05, 3.63) is 47.0 Å². The predicted molar refractivity (Wildman–Crippen MR) is 79.6 cm³/mol. The maximum Gasteiger partial charge on any atom is 0.269 e. The van der Waals surface area contributed by atoms with Gasteiger partial charge in [0.05, 0.1) is 5.75 Å². The van der Waals surface area contributed by atoms with E-state index in [-0.39, 0.29) is 17.6 Å². The number of aryl methyl sites for hydroxylation is 1. The smallest absolute Gasteiger partial charge is 0.269 e.